The highest BCUT2D eigenvalue weighted by molar-refractivity contribution is 5.50. The molecule has 0 saturated heterocycles. The molecule has 1 nitrogen and oxygen atoms in total. The van der Waals surface area contributed by atoms with Crippen LogP contribution in [0.5, 0.6) is 0 Å². The van der Waals surface area contributed by atoms with Crippen molar-refractivity contribution in [1.82, 2.24) is 0 Å². The maximum absolute atomic E-state index is 3.47. The first-order valence-electron chi connectivity index (χ1n) is 4.66. The van der Waals surface area contributed by atoms with E-state index in [1.54, 1.807) is 0 Å². The van der Waals surface area contributed by atoms with Crippen molar-refractivity contribution in [3.63, 3.8) is 0 Å². The van der Waals surface area contributed by atoms with E-state index in [0.717, 1.165) is 12.5 Å². The van der Waals surface area contributed by atoms with E-state index in [1.165, 1.54) is 24.1 Å². The molecule has 2 rings (SSSR count). The van der Waals surface area contributed by atoms with E-state index in [2.05, 4.69) is 36.5 Å². The smallest absolute Gasteiger partial charge is 0.0369 e. The van der Waals surface area contributed by atoms with Crippen LogP contribution < -0.4 is 5.32 Å². The Bertz CT molecular complexity index is 263. The van der Waals surface area contributed by atoms with Crippen molar-refractivity contribution in [2.45, 2.75) is 19.8 Å². The van der Waals surface area contributed by atoms with Gasteiger partial charge in [-0.3, -0.25) is 0 Å². The van der Waals surface area contributed by atoms with Crippen molar-refractivity contribution in [3.05, 3.63) is 29.8 Å². The summed E-state index contributed by atoms with van der Waals surface area (Å²) in [5.41, 5.74) is 2.64. The summed E-state index contributed by atoms with van der Waals surface area (Å²) in [4.78, 5) is 0. The van der Waals surface area contributed by atoms with Crippen LogP contribution in [0.15, 0.2) is 24.3 Å². The predicted molar refractivity (Wildman–Crippen MR) is 52.4 cm³/mol. The lowest BCUT2D eigenvalue weighted by Crippen LogP contribution is -2.03. The van der Waals surface area contributed by atoms with Gasteiger partial charge in [0.1, 0.15) is 0 Å². The Balaban J connectivity index is 1.96. The molecular weight excluding hydrogens is 146 g/mol. The number of rotatable bonds is 3. The summed E-state index contributed by atoms with van der Waals surface area (Å²) in [5, 5.41) is 3.47. The minimum atomic E-state index is 0.949. The quantitative estimate of drug-likeness (QED) is 0.718. The average molecular weight is 161 g/mol. The Hall–Kier alpha value is -0.980. The second kappa shape index (κ2) is 3.18. The first-order chi connectivity index (χ1) is 5.86. The highest BCUT2D eigenvalue weighted by atomic mass is 14.9. The maximum Gasteiger partial charge on any atom is 0.0369 e. The van der Waals surface area contributed by atoms with E-state index in [-0.39, 0.29) is 0 Å². The summed E-state index contributed by atoms with van der Waals surface area (Å²) >= 11 is 0. The lowest BCUT2D eigenvalue weighted by atomic mass is 10.2. The summed E-state index contributed by atoms with van der Waals surface area (Å²) in [5.74, 6) is 0.949. The highest BCUT2D eigenvalue weighted by Gasteiger charge is 2.20. The van der Waals surface area contributed by atoms with Gasteiger partial charge in [0.2, 0.25) is 0 Å². The number of para-hydroxylation sites is 1. The number of anilines is 1. The minimum absolute atomic E-state index is 0.949. The summed E-state index contributed by atoms with van der Waals surface area (Å²) < 4.78 is 0. The Labute approximate surface area is 73.8 Å². The Morgan fingerprint density at radius 3 is 2.75 bits per heavy atom. The van der Waals surface area contributed by atoms with Crippen LogP contribution in [0.3, 0.4) is 0 Å². The SMILES string of the molecule is Cc1ccccc1NCC1CC1. The molecule has 1 fully saturated rings. The summed E-state index contributed by atoms with van der Waals surface area (Å²) in [6.45, 7) is 3.31. The fraction of sp³-hybridized carbons (Fsp3) is 0.455. The zero-order valence-corrected chi connectivity index (χ0v) is 7.51. The molecule has 0 spiro atoms. The van der Waals surface area contributed by atoms with E-state index in [4.69, 9.17) is 0 Å². The van der Waals surface area contributed by atoms with Gasteiger partial charge in [-0.2, -0.15) is 0 Å². The molecule has 0 aromatic heterocycles. The van der Waals surface area contributed by atoms with E-state index in [1.807, 2.05) is 0 Å². The molecule has 1 aromatic rings. The molecule has 0 aliphatic heterocycles. The van der Waals surface area contributed by atoms with E-state index < -0.39 is 0 Å². The topological polar surface area (TPSA) is 12.0 Å². The standard InChI is InChI=1S/C11H15N/c1-9-4-2-3-5-11(9)12-8-10-6-7-10/h2-5,10,12H,6-8H2,1H3. The highest BCUT2D eigenvalue weighted by Crippen LogP contribution is 2.29. The lowest BCUT2D eigenvalue weighted by Gasteiger charge is -2.07. The summed E-state index contributed by atoms with van der Waals surface area (Å²) in [6.07, 6.45) is 2.83. The Morgan fingerprint density at radius 2 is 2.08 bits per heavy atom. The fourth-order valence-electron chi connectivity index (χ4n) is 1.35. The molecule has 1 heteroatoms. The molecule has 0 radical (unpaired) electrons. The molecule has 1 aliphatic rings. The number of hydrogen-bond acceptors (Lipinski definition) is 1. The second-order valence-electron chi connectivity index (χ2n) is 3.64. The van der Waals surface area contributed by atoms with Crippen molar-refractivity contribution in [2.24, 2.45) is 5.92 Å². The Morgan fingerprint density at radius 1 is 1.33 bits per heavy atom. The first-order valence-corrected chi connectivity index (χ1v) is 4.66. The molecule has 1 N–H and O–H groups in total. The molecule has 64 valence electrons. The molecule has 0 heterocycles. The third kappa shape index (κ3) is 1.79. The van der Waals surface area contributed by atoms with Gasteiger partial charge in [-0.15, -0.1) is 0 Å². The molecule has 0 unspecified atom stereocenters. The predicted octanol–water partition coefficient (Wildman–Crippen LogP) is 2.82. The van der Waals surface area contributed by atoms with Gasteiger partial charge in [-0.25, -0.2) is 0 Å². The molecule has 1 saturated carbocycles. The van der Waals surface area contributed by atoms with Gasteiger partial charge in [0.05, 0.1) is 0 Å². The summed E-state index contributed by atoms with van der Waals surface area (Å²) in [7, 11) is 0. The van der Waals surface area contributed by atoms with Crippen LogP contribution in [0.2, 0.25) is 0 Å². The van der Waals surface area contributed by atoms with Gasteiger partial charge in [0.25, 0.3) is 0 Å². The van der Waals surface area contributed by atoms with Crippen LogP contribution in [0, 0.1) is 12.8 Å². The molecule has 0 atom stereocenters. The molecule has 12 heavy (non-hydrogen) atoms. The van der Waals surface area contributed by atoms with E-state index >= 15 is 0 Å². The average Bonchev–Trinajstić information content (AvgIpc) is 2.86. The lowest BCUT2D eigenvalue weighted by molar-refractivity contribution is 0.888. The monoisotopic (exact) mass is 161 g/mol. The van der Waals surface area contributed by atoms with Crippen molar-refractivity contribution >= 4 is 5.69 Å². The third-order valence-corrected chi connectivity index (χ3v) is 2.42. The zero-order chi connectivity index (χ0) is 8.39. The third-order valence-electron chi connectivity index (χ3n) is 2.42. The largest absolute Gasteiger partial charge is 0.385 e. The molecule has 0 amide bonds. The van der Waals surface area contributed by atoms with Crippen LogP contribution in [0.1, 0.15) is 18.4 Å². The van der Waals surface area contributed by atoms with Gasteiger partial charge < -0.3 is 5.32 Å². The Kier molecular flexibility index (Phi) is 2.03. The van der Waals surface area contributed by atoms with Crippen LogP contribution in [-0.4, -0.2) is 6.54 Å². The number of hydrogen-bond donors (Lipinski definition) is 1. The normalized spacial score (nSPS) is 16.1. The second-order valence-corrected chi connectivity index (χ2v) is 3.64. The minimum Gasteiger partial charge on any atom is -0.385 e. The first kappa shape index (κ1) is 7.66. The zero-order valence-electron chi connectivity index (χ0n) is 7.51. The molecule has 1 aromatic carbocycles. The van der Waals surface area contributed by atoms with Gasteiger partial charge in [-0.05, 0) is 37.3 Å². The fourth-order valence-corrected chi connectivity index (χ4v) is 1.35. The van der Waals surface area contributed by atoms with Gasteiger partial charge >= 0.3 is 0 Å². The van der Waals surface area contributed by atoms with Crippen molar-refractivity contribution in [2.75, 3.05) is 11.9 Å². The molecule has 0 bridgehead atoms. The number of benzene rings is 1. The number of nitrogens with one attached hydrogen (secondary N) is 1. The van der Waals surface area contributed by atoms with Crippen LogP contribution in [0.4, 0.5) is 5.69 Å². The van der Waals surface area contributed by atoms with Crippen LogP contribution in [-0.2, 0) is 0 Å². The van der Waals surface area contributed by atoms with Gasteiger partial charge in [-0.1, -0.05) is 18.2 Å². The van der Waals surface area contributed by atoms with Crippen molar-refractivity contribution in [3.8, 4) is 0 Å². The van der Waals surface area contributed by atoms with Crippen LogP contribution >= 0.6 is 0 Å². The maximum atomic E-state index is 3.47. The van der Waals surface area contributed by atoms with Crippen molar-refractivity contribution < 1.29 is 0 Å². The van der Waals surface area contributed by atoms with Gasteiger partial charge in [0, 0.05) is 12.2 Å². The van der Waals surface area contributed by atoms with E-state index in [9.17, 15) is 0 Å². The van der Waals surface area contributed by atoms with Gasteiger partial charge in [0.15, 0.2) is 0 Å². The van der Waals surface area contributed by atoms with Crippen molar-refractivity contribution in [1.29, 1.82) is 0 Å². The molecule has 1 aliphatic carbocycles. The van der Waals surface area contributed by atoms with E-state index in [0.29, 0.717) is 0 Å². The van der Waals surface area contributed by atoms with Crippen LogP contribution in [0.25, 0.3) is 0 Å². The number of aryl methyl sites for hydroxylation is 1. The molecular formula is C11H15N. The summed E-state index contributed by atoms with van der Waals surface area (Å²) in [6, 6.07) is 8.47.